The predicted molar refractivity (Wildman–Crippen MR) is 30.0 cm³/mol. The summed E-state index contributed by atoms with van der Waals surface area (Å²) < 4.78 is 4.54. The summed E-state index contributed by atoms with van der Waals surface area (Å²) in [4.78, 5) is 0. The van der Waals surface area contributed by atoms with Crippen LogP contribution in [0.15, 0.2) is 0 Å². The van der Waals surface area contributed by atoms with Gasteiger partial charge in [-0.05, 0) is 0 Å². The Morgan fingerprint density at radius 2 is 1.70 bits per heavy atom. The fourth-order valence-corrected chi connectivity index (χ4v) is 0.880. The van der Waals surface area contributed by atoms with E-state index in [1.54, 1.807) is 0 Å². The van der Waals surface area contributed by atoms with Gasteiger partial charge in [0, 0.05) is 0 Å². The van der Waals surface area contributed by atoms with E-state index in [-0.39, 0.29) is 0 Å². The van der Waals surface area contributed by atoms with Gasteiger partial charge in [0.1, 0.15) is 18.3 Å². The Hall–Kier alpha value is -0.200. The summed E-state index contributed by atoms with van der Waals surface area (Å²) >= 11 is 0. The summed E-state index contributed by atoms with van der Waals surface area (Å²) in [5.41, 5.74) is 0. The van der Waals surface area contributed by atoms with Crippen molar-refractivity contribution in [3.05, 3.63) is 0 Å². The smallest absolute Gasteiger partial charge is 0.184 e. The molecule has 4 atom stereocenters. The molecule has 0 spiro atoms. The van der Waals surface area contributed by atoms with Gasteiger partial charge in [0.15, 0.2) is 6.29 Å². The number of ether oxygens (including phenoxy) is 1. The third kappa shape index (κ3) is 1.14. The van der Waals surface area contributed by atoms with Crippen molar-refractivity contribution in [3.8, 4) is 0 Å². The molecule has 1 saturated heterocycles. The highest BCUT2D eigenvalue weighted by molar-refractivity contribution is 4.84. The molecule has 0 aliphatic carbocycles. The van der Waals surface area contributed by atoms with E-state index in [0.29, 0.717) is 0 Å². The highest BCUT2D eigenvalue weighted by Crippen LogP contribution is 2.18. The number of aliphatic hydroxyl groups excluding tert-OH is 4. The molecule has 1 aliphatic heterocycles. The molecule has 4 N–H and O–H groups in total. The van der Waals surface area contributed by atoms with Crippen molar-refractivity contribution < 1.29 is 25.2 Å². The fraction of sp³-hybridized carbons (Fsp3) is 1.00. The second-order valence-electron chi connectivity index (χ2n) is 2.23. The van der Waals surface area contributed by atoms with E-state index >= 15 is 0 Å². The zero-order chi connectivity index (χ0) is 7.72. The minimum atomic E-state index is -1.38. The molecule has 0 radical (unpaired) electrons. The lowest BCUT2D eigenvalue weighted by Gasteiger charge is -2.09. The van der Waals surface area contributed by atoms with Crippen molar-refractivity contribution >= 4 is 0 Å². The van der Waals surface area contributed by atoms with Crippen LogP contribution in [0.2, 0.25) is 0 Å². The monoisotopic (exact) mass is 150 g/mol. The van der Waals surface area contributed by atoms with Gasteiger partial charge < -0.3 is 25.2 Å². The summed E-state index contributed by atoms with van der Waals surface area (Å²) in [6.45, 7) is -0.407. The second-order valence-corrected chi connectivity index (χ2v) is 2.23. The molecule has 1 heterocycles. The van der Waals surface area contributed by atoms with Gasteiger partial charge in [-0.1, -0.05) is 0 Å². The molecule has 0 aromatic heterocycles. The summed E-state index contributed by atoms with van der Waals surface area (Å²) in [6, 6.07) is 0. The van der Waals surface area contributed by atoms with Crippen LogP contribution in [0, 0.1) is 0 Å². The molecule has 0 aromatic rings. The maximum Gasteiger partial charge on any atom is 0.184 e. The van der Waals surface area contributed by atoms with Gasteiger partial charge in [-0.25, -0.2) is 0 Å². The molecule has 60 valence electrons. The number of hydrogen-bond donors (Lipinski definition) is 4. The van der Waals surface area contributed by atoms with E-state index in [0.717, 1.165) is 0 Å². The van der Waals surface area contributed by atoms with Gasteiger partial charge in [0.05, 0.1) is 6.61 Å². The molecule has 1 fully saturated rings. The Labute approximate surface area is 57.5 Å². The lowest BCUT2D eigenvalue weighted by atomic mass is 10.1. The first-order valence-corrected chi connectivity index (χ1v) is 2.97. The van der Waals surface area contributed by atoms with Crippen LogP contribution in [0.4, 0.5) is 0 Å². The van der Waals surface area contributed by atoms with Crippen molar-refractivity contribution in [2.24, 2.45) is 0 Å². The first-order valence-electron chi connectivity index (χ1n) is 2.97. The molecule has 5 heteroatoms. The summed E-state index contributed by atoms with van der Waals surface area (Å²) in [6.07, 6.45) is -4.76. The van der Waals surface area contributed by atoms with Crippen LogP contribution in [0.5, 0.6) is 0 Å². The zero-order valence-electron chi connectivity index (χ0n) is 5.21. The van der Waals surface area contributed by atoms with E-state index in [1.807, 2.05) is 0 Å². The molecule has 5 nitrogen and oxygen atoms in total. The van der Waals surface area contributed by atoms with Crippen LogP contribution in [0.3, 0.4) is 0 Å². The number of hydrogen-bond acceptors (Lipinski definition) is 5. The Kier molecular flexibility index (Phi) is 2.22. The van der Waals surface area contributed by atoms with E-state index in [1.165, 1.54) is 0 Å². The molecule has 0 bridgehead atoms. The number of aliphatic hydroxyl groups is 4. The third-order valence-corrected chi connectivity index (χ3v) is 1.52. The minimum Gasteiger partial charge on any atom is -0.394 e. The molecule has 1 rings (SSSR count). The Bertz CT molecular complexity index is 117. The van der Waals surface area contributed by atoms with E-state index in [9.17, 15) is 0 Å². The lowest BCUT2D eigenvalue weighted by molar-refractivity contribution is -0.132. The predicted octanol–water partition coefficient (Wildman–Crippen LogP) is -2.58. The van der Waals surface area contributed by atoms with Crippen LogP contribution in [-0.2, 0) is 4.74 Å². The maximum absolute atomic E-state index is 8.93. The molecular weight excluding hydrogens is 140 g/mol. The topological polar surface area (TPSA) is 90.2 Å². The molecule has 10 heavy (non-hydrogen) atoms. The summed E-state index contributed by atoms with van der Waals surface area (Å²) in [5.74, 6) is 0. The van der Waals surface area contributed by atoms with Crippen LogP contribution >= 0.6 is 0 Å². The highest BCUT2D eigenvalue weighted by Gasteiger charge is 2.41. The molecule has 0 aromatic carbocycles. The van der Waals surface area contributed by atoms with Crippen LogP contribution in [0.1, 0.15) is 0 Å². The third-order valence-electron chi connectivity index (χ3n) is 1.52. The molecule has 0 saturated carbocycles. The fourth-order valence-electron chi connectivity index (χ4n) is 0.880. The van der Waals surface area contributed by atoms with Crippen molar-refractivity contribution in [3.63, 3.8) is 0 Å². The first kappa shape index (κ1) is 7.90. The van der Waals surface area contributed by atoms with Gasteiger partial charge in [0.25, 0.3) is 0 Å². The largest absolute Gasteiger partial charge is 0.394 e. The first-order chi connectivity index (χ1) is 4.66. The number of rotatable bonds is 1. The van der Waals surface area contributed by atoms with E-state index < -0.39 is 31.2 Å². The minimum absolute atomic E-state index is 0.407. The van der Waals surface area contributed by atoms with Gasteiger partial charge in [-0.15, -0.1) is 0 Å². The van der Waals surface area contributed by atoms with Gasteiger partial charge >= 0.3 is 0 Å². The molecule has 0 amide bonds. The van der Waals surface area contributed by atoms with Crippen molar-refractivity contribution in [2.45, 2.75) is 24.6 Å². The highest BCUT2D eigenvalue weighted by atomic mass is 16.6. The molecule has 3 unspecified atom stereocenters. The summed E-state index contributed by atoms with van der Waals surface area (Å²) in [7, 11) is 0. The lowest BCUT2D eigenvalue weighted by Crippen LogP contribution is -2.33. The van der Waals surface area contributed by atoms with Gasteiger partial charge in [-0.3, -0.25) is 0 Å². The van der Waals surface area contributed by atoms with Gasteiger partial charge in [-0.2, -0.15) is 0 Å². The Morgan fingerprint density at radius 1 is 1.10 bits per heavy atom. The standard InChI is InChI=1S/C5H10O5/c6-1-2-3(7)4(8)5(9)10-2/h2-9H,1H2/t2?,3-,4?,5?/m1/s1. The van der Waals surface area contributed by atoms with Crippen LogP contribution in [0.25, 0.3) is 0 Å². The summed E-state index contributed by atoms with van der Waals surface area (Å²) in [5, 5.41) is 35.0. The SMILES string of the molecule is OCC1OC(O)C(O)[C@@H]1O. The molecule has 1 aliphatic rings. The normalized spacial score (nSPS) is 48.0. The van der Waals surface area contributed by atoms with Gasteiger partial charge in [0.2, 0.25) is 0 Å². The van der Waals surface area contributed by atoms with Crippen LogP contribution in [-0.4, -0.2) is 51.6 Å². The second kappa shape index (κ2) is 2.81. The maximum atomic E-state index is 8.93. The van der Waals surface area contributed by atoms with Crippen molar-refractivity contribution in [2.75, 3.05) is 6.61 Å². The van der Waals surface area contributed by atoms with E-state index in [2.05, 4.69) is 4.74 Å². The average Bonchev–Trinajstić information content (AvgIpc) is 2.17. The average molecular weight is 150 g/mol. The van der Waals surface area contributed by atoms with Crippen molar-refractivity contribution in [1.29, 1.82) is 0 Å². The Balaban J connectivity index is 2.53. The zero-order valence-corrected chi connectivity index (χ0v) is 5.21. The quantitative estimate of drug-likeness (QED) is 0.329. The Morgan fingerprint density at radius 3 is 1.90 bits per heavy atom. The van der Waals surface area contributed by atoms with E-state index in [4.69, 9.17) is 20.4 Å². The van der Waals surface area contributed by atoms with Crippen LogP contribution < -0.4 is 0 Å². The van der Waals surface area contributed by atoms with Crippen molar-refractivity contribution in [1.82, 2.24) is 0 Å². The molecular formula is C5H10O5.